The topological polar surface area (TPSA) is 50.8 Å². The maximum absolute atomic E-state index is 12.6. The Kier molecular flexibility index (Phi) is 6.07. The van der Waals surface area contributed by atoms with Gasteiger partial charge in [0.2, 0.25) is 0 Å². The number of benzene rings is 2. The average Bonchev–Trinajstić information content (AvgIpc) is 2.61. The molecule has 0 saturated carbocycles. The summed E-state index contributed by atoms with van der Waals surface area (Å²) in [6.45, 7) is 5.07. The van der Waals surface area contributed by atoms with Crippen LogP contribution in [0.3, 0.4) is 0 Å². The van der Waals surface area contributed by atoms with Gasteiger partial charge in [-0.05, 0) is 31.0 Å². The minimum atomic E-state index is -0.142. The van der Waals surface area contributed by atoms with Gasteiger partial charge in [0.1, 0.15) is 0 Å². The fourth-order valence-corrected chi connectivity index (χ4v) is 2.44. The Morgan fingerprint density at radius 1 is 1.08 bits per heavy atom. The van der Waals surface area contributed by atoms with Crippen LogP contribution in [-0.2, 0) is 6.54 Å². The van der Waals surface area contributed by atoms with Gasteiger partial charge in [-0.1, -0.05) is 30.3 Å². The quantitative estimate of drug-likeness (QED) is 0.870. The molecule has 2 aromatic rings. The Hall–Kier alpha value is -2.69. The number of anilines is 1. The second-order valence-electron chi connectivity index (χ2n) is 5.45. The molecule has 5 nitrogen and oxygen atoms in total. The van der Waals surface area contributed by atoms with Crippen molar-refractivity contribution in [1.82, 2.24) is 4.90 Å². The monoisotopic (exact) mass is 328 g/mol. The Morgan fingerprint density at radius 2 is 1.71 bits per heavy atom. The fraction of sp³-hybridized carbons (Fsp3) is 0.316. The van der Waals surface area contributed by atoms with Crippen molar-refractivity contribution in [3.63, 3.8) is 0 Å². The lowest BCUT2D eigenvalue weighted by Gasteiger charge is -2.22. The molecule has 0 spiro atoms. The van der Waals surface area contributed by atoms with E-state index in [-0.39, 0.29) is 6.03 Å². The van der Waals surface area contributed by atoms with Crippen molar-refractivity contribution < 1.29 is 14.3 Å². The smallest absolute Gasteiger partial charge is 0.322 e. The first-order valence-electron chi connectivity index (χ1n) is 7.91. The Balaban J connectivity index is 2.15. The third-order valence-corrected chi connectivity index (χ3v) is 3.86. The highest BCUT2D eigenvalue weighted by Crippen LogP contribution is 2.33. The molecule has 0 bridgehead atoms. The number of ether oxygens (including phenoxy) is 2. The highest BCUT2D eigenvalue weighted by Gasteiger charge is 2.15. The molecular formula is C19H24N2O3. The zero-order valence-corrected chi connectivity index (χ0v) is 14.6. The van der Waals surface area contributed by atoms with Crippen LogP contribution in [0, 0.1) is 6.92 Å². The first-order chi connectivity index (χ1) is 11.6. The summed E-state index contributed by atoms with van der Waals surface area (Å²) < 4.78 is 10.6. The minimum Gasteiger partial charge on any atom is -0.493 e. The number of methoxy groups -OCH3 is 2. The molecule has 0 radical (unpaired) electrons. The van der Waals surface area contributed by atoms with E-state index in [2.05, 4.69) is 5.32 Å². The zero-order chi connectivity index (χ0) is 17.5. The molecule has 0 aliphatic carbocycles. The average molecular weight is 328 g/mol. The first-order valence-corrected chi connectivity index (χ1v) is 7.91. The number of rotatable bonds is 6. The lowest BCUT2D eigenvalue weighted by atomic mass is 10.1. The maximum atomic E-state index is 12.6. The zero-order valence-electron chi connectivity index (χ0n) is 14.6. The molecule has 128 valence electrons. The Morgan fingerprint density at radius 3 is 2.29 bits per heavy atom. The van der Waals surface area contributed by atoms with Crippen LogP contribution in [0.5, 0.6) is 11.5 Å². The molecule has 1 N–H and O–H groups in total. The molecule has 2 amide bonds. The second-order valence-corrected chi connectivity index (χ2v) is 5.45. The summed E-state index contributed by atoms with van der Waals surface area (Å²) in [6.07, 6.45) is 0. The van der Waals surface area contributed by atoms with E-state index >= 15 is 0 Å². The molecule has 0 atom stereocenters. The van der Waals surface area contributed by atoms with E-state index in [4.69, 9.17) is 9.47 Å². The number of carbonyl (C=O) groups is 1. The van der Waals surface area contributed by atoms with Crippen molar-refractivity contribution in [3.8, 4) is 11.5 Å². The number of hydrogen-bond donors (Lipinski definition) is 1. The van der Waals surface area contributed by atoms with Crippen LogP contribution < -0.4 is 14.8 Å². The summed E-state index contributed by atoms with van der Waals surface area (Å²) in [4.78, 5) is 14.4. The van der Waals surface area contributed by atoms with Crippen molar-refractivity contribution in [2.24, 2.45) is 0 Å². The highest BCUT2D eigenvalue weighted by molar-refractivity contribution is 5.90. The highest BCUT2D eigenvalue weighted by atomic mass is 16.5. The Labute approximate surface area is 143 Å². The second kappa shape index (κ2) is 8.24. The van der Waals surface area contributed by atoms with Crippen LogP contribution in [0.25, 0.3) is 0 Å². The SMILES string of the molecule is CCN(Cc1ccccc1)C(=O)Nc1cc(OC)c(OC)cc1C. The van der Waals surface area contributed by atoms with Gasteiger partial charge in [-0.25, -0.2) is 4.79 Å². The largest absolute Gasteiger partial charge is 0.493 e. The van der Waals surface area contributed by atoms with Crippen LogP contribution in [-0.4, -0.2) is 31.7 Å². The normalized spacial score (nSPS) is 10.2. The van der Waals surface area contributed by atoms with Crippen molar-refractivity contribution >= 4 is 11.7 Å². The van der Waals surface area contributed by atoms with Crippen molar-refractivity contribution in [2.45, 2.75) is 20.4 Å². The molecule has 0 aliphatic rings. The standard InChI is InChI=1S/C19H24N2O3/c1-5-21(13-15-9-7-6-8-10-15)19(22)20-16-12-18(24-4)17(23-3)11-14(16)2/h6-12H,5,13H2,1-4H3,(H,20,22). The van der Waals surface area contributed by atoms with Crippen LogP contribution in [0.2, 0.25) is 0 Å². The third kappa shape index (κ3) is 4.19. The van der Waals surface area contributed by atoms with Crippen LogP contribution in [0.4, 0.5) is 10.5 Å². The van der Waals surface area contributed by atoms with Gasteiger partial charge in [-0.2, -0.15) is 0 Å². The number of urea groups is 1. The minimum absolute atomic E-state index is 0.142. The third-order valence-electron chi connectivity index (χ3n) is 3.86. The summed E-state index contributed by atoms with van der Waals surface area (Å²) >= 11 is 0. The first kappa shape index (κ1) is 17.7. The van der Waals surface area contributed by atoms with Gasteiger partial charge in [0.05, 0.1) is 14.2 Å². The molecule has 0 saturated heterocycles. The number of nitrogens with one attached hydrogen (secondary N) is 1. The van der Waals surface area contributed by atoms with Gasteiger partial charge in [-0.15, -0.1) is 0 Å². The van der Waals surface area contributed by atoms with Crippen LogP contribution >= 0.6 is 0 Å². The van der Waals surface area contributed by atoms with Crippen molar-refractivity contribution in [3.05, 3.63) is 53.6 Å². The van der Waals surface area contributed by atoms with Crippen LogP contribution in [0.15, 0.2) is 42.5 Å². The van der Waals surface area contributed by atoms with Gasteiger partial charge in [0.15, 0.2) is 11.5 Å². The van der Waals surface area contributed by atoms with Gasteiger partial charge < -0.3 is 19.7 Å². The molecule has 24 heavy (non-hydrogen) atoms. The predicted octanol–water partition coefficient (Wildman–Crippen LogP) is 4.07. The molecule has 0 heterocycles. The van der Waals surface area contributed by atoms with Gasteiger partial charge in [0.25, 0.3) is 0 Å². The number of carbonyl (C=O) groups excluding carboxylic acids is 1. The van der Waals surface area contributed by atoms with Crippen LogP contribution in [0.1, 0.15) is 18.1 Å². The van der Waals surface area contributed by atoms with E-state index in [1.54, 1.807) is 25.2 Å². The van der Waals surface area contributed by atoms with Gasteiger partial charge in [-0.3, -0.25) is 0 Å². The summed E-state index contributed by atoms with van der Waals surface area (Å²) in [5, 5.41) is 2.96. The summed E-state index contributed by atoms with van der Waals surface area (Å²) in [5.74, 6) is 1.23. The molecular weight excluding hydrogens is 304 g/mol. The number of hydrogen-bond acceptors (Lipinski definition) is 3. The molecule has 2 rings (SSSR count). The van der Waals surface area contributed by atoms with E-state index in [0.29, 0.717) is 30.3 Å². The lowest BCUT2D eigenvalue weighted by Crippen LogP contribution is -2.34. The van der Waals surface area contributed by atoms with E-state index in [1.807, 2.05) is 50.2 Å². The molecule has 0 aliphatic heterocycles. The molecule has 0 unspecified atom stereocenters. The molecule has 5 heteroatoms. The van der Waals surface area contributed by atoms with Gasteiger partial charge >= 0.3 is 6.03 Å². The fourth-order valence-electron chi connectivity index (χ4n) is 2.44. The van der Waals surface area contributed by atoms with E-state index < -0.39 is 0 Å². The van der Waals surface area contributed by atoms with E-state index in [9.17, 15) is 4.79 Å². The van der Waals surface area contributed by atoms with E-state index in [0.717, 1.165) is 11.1 Å². The maximum Gasteiger partial charge on any atom is 0.322 e. The number of nitrogens with zero attached hydrogens (tertiary/aromatic N) is 1. The molecule has 0 fully saturated rings. The number of amides is 2. The lowest BCUT2D eigenvalue weighted by molar-refractivity contribution is 0.212. The van der Waals surface area contributed by atoms with E-state index in [1.165, 1.54) is 0 Å². The van der Waals surface area contributed by atoms with Gasteiger partial charge in [0, 0.05) is 24.8 Å². The number of aryl methyl sites for hydroxylation is 1. The molecule has 0 aromatic heterocycles. The summed E-state index contributed by atoms with van der Waals surface area (Å²) in [7, 11) is 3.17. The summed E-state index contributed by atoms with van der Waals surface area (Å²) in [6, 6.07) is 13.4. The van der Waals surface area contributed by atoms with Crippen molar-refractivity contribution in [2.75, 3.05) is 26.1 Å². The summed E-state index contributed by atoms with van der Waals surface area (Å²) in [5.41, 5.74) is 2.72. The molecule has 2 aromatic carbocycles. The Bertz CT molecular complexity index is 687. The van der Waals surface area contributed by atoms with Crippen molar-refractivity contribution in [1.29, 1.82) is 0 Å². The predicted molar refractivity (Wildman–Crippen MR) is 95.8 cm³/mol.